The zero-order valence-electron chi connectivity index (χ0n) is 18.2. The summed E-state index contributed by atoms with van der Waals surface area (Å²) in [4.78, 5) is 24.5. The predicted molar refractivity (Wildman–Crippen MR) is 115 cm³/mol. The van der Waals surface area contributed by atoms with Gasteiger partial charge in [0, 0.05) is 11.2 Å². The monoisotopic (exact) mass is 398 g/mol. The average Bonchev–Trinajstić information content (AvgIpc) is 2.58. The maximum absolute atomic E-state index is 12.5. The topological polar surface area (TPSA) is 76.7 Å². The molecule has 0 aromatic heterocycles. The number of hydrogen-bond donors (Lipinski definition) is 2. The van der Waals surface area contributed by atoms with E-state index < -0.39 is 23.1 Å². The number of anilines is 1. The highest BCUT2D eigenvalue weighted by Crippen LogP contribution is 2.28. The molecule has 0 atom stereocenters. The van der Waals surface area contributed by atoms with Crippen molar-refractivity contribution in [2.45, 2.75) is 59.6 Å². The van der Waals surface area contributed by atoms with Crippen molar-refractivity contribution in [2.75, 3.05) is 5.32 Å². The molecular weight excluding hydrogens is 368 g/mol. The Labute approximate surface area is 172 Å². The molecule has 6 nitrogen and oxygen atoms in total. The number of nitrogens with one attached hydrogen (secondary N) is 2. The summed E-state index contributed by atoms with van der Waals surface area (Å²) in [5.41, 5.74) is 1.04. The summed E-state index contributed by atoms with van der Waals surface area (Å²) >= 11 is 0. The van der Waals surface area contributed by atoms with E-state index in [0.717, 1.165) is 16.9 Å². The van der Waals surface area contributed by atoms with Gasteiger partial charge in [0.25, 0.3) is 5.91 Å². The summed E-state index contributed by atoms with van der Waals surface area (Å²) in [6, 6.07) is 12.9. The SMILES string of the molecule is Cc1cccc(Oc2ccc(NC(=O)C(C)(C)OC(=O)NC(C)(C)C)cc2)c1C. The fourth-order valence-corrected chi connectivity index (χ4v) is 2.46. The molecular formula is C23H30N2O4. The lowest BCUT2D eigenvalue weighted by atomic mass is 10.1. The van der Waals surface area contributed by atoms with Gasteiger partial charge in [-0.2, -0.15) is 0 Å². The number of carbonyl (C=O) groups excluding carboxylic acids is 2. The van der Waals surface area contributed by atoms with Crippen LogP contribution in [-0.2, 0) is 9.53 Å². The van der Waals surface area contributed by atoms with Crippen LogP contribution in [0, 0.1) is 13.8 Å². The molecule has 0 heterocycles. The first kappa shape index (κ1) is 22.3. The molecule has 2 amide bonds. The van der Waals surface area contributed by atoms with Crippen LogP contribution in [0.5, 0.6) is 11.5 Å². The minimum atomic E-state index is -1.33. The normalized spacial score (nSPS) is 11.6. The number of ether oxygens (including phenoxy) is 2. The second-order valence-corrected chi connectivity index (χ2v) is 8.55. The van der Waals surface area contributed by atoms with E-state index in [2.05, 4.69) is 10.6 Å². The number of amides is 2. The number of aryl methyl sites for hydroxylation is 1. The summed E-state index contributed by atoms with van der Waals surface area (Å²) in [6.07, 6.45) is -0.644. The van der Waals surface area contributed by atoms with Crippen molar-refractivity contribution < 1.29 is 19.1 Å². The van der Waals surface area contributed by atoms with Gasteiger partial charge in [-0.1, -0.05) is 12.1 Å². The first-order chi connectivity index (χ1) is 13.4. The van der Waals surface area contributed by atoms with Gasteiger partial charge in [-0.3, -0.25) is 4.79 Å². The Morgan fingerprint density at radius 2 is 1.52 bits per heavy atom. The van der Waals surface area contributed by atoms with Crippen molar-refractivity contribution in [3.05, 3.63) is 53.6 Å². The lowest BCUT2D eigenvalue weighted by Crippen LogP contribution is -2.48. The van der Waals surface area contributed by atoms with Gasteiger partial charge in [-0.05, 0) is 89.9 Å². The molecule has 0 spiro atoms. The summed E-state index contributed by atoms with van der Waals surface area (Å²) < 4.78 is 11.2. The van der Waals surface area contributed by atoms with Crippen LogP contribution in [-0.4, -0.2) is 23.1 Å². The third-order valence-electron chi connectivity index (χ3n) is 4.27. The van der Waals surface area contributed by atoms with Gasteiger partial charge in [0.05, 0.1) is 0 Å². The maximum Gasteiger partial charge on any atom is 0.408 e. The lowest BCUT2D eigenvalue weighted by molar-refractivity contribution is -0.131. The average molecular weight is 399 g/mol. The molecule has 2 aromatic rings. The van der Waals surface area contributed by atoms with Crippen LogP contribution in [0.15, 0.2) is 42.5 Å². The van der Waals surface area contributed by atoms with E-state index in [-0.39, 0.29) is 0 Å². The van der Waals surface area contributed by atoms with Crippen molar-refractivity contribution in [3.63, 3.8) is 0 Å². The lowest BCUT2D eigenvalue weighted by Gasteiger charge is -2.27. The molecule has 0 aliphatic heterocycles. The Hall–Kier alpha value is -3.02. The van der Waals surface area contributed by atoms with E-state index in [4.69, 9.17) is 9.47 Å². The molecule has 0 fully saturated rings. The molecule has 29 heavy (non-hydrogen) atoms. The summed E-state index contributed by atoms with van der Waals surface area (Å²) in [5, 5.41) is 5.44. The summed E-state index contributed by atoms with van der Waals surface area (Å²) in [6.45, 7) is 12.6. The van der Waals surface area contributed by atoms with Crippen LogP contribution >= 0.6 is 0 Å². The van der Waals surface area contributed by atoms with Gasteiger partial charge in [0.1, 0.15) is 11.5 Å². The highest BCUT2D eigenvalue weighted by Gasteiger charge is 2.33. The summed E-state index contributed by atoms with van der Waals surface area (Å²) in [7, 11) is 0. The number of rotatable bonds is 5. The highest BCUT2D eigenvalue weighted by atomic mass is 16.6. The number of alkyl carbamates (subject to hydrolysis) is 1. The highest BCUT2D eigenvalue weighted by molar-refractivity contribution is 5.97. The molecule has 0 aliphatic rings. The largest absolute Gasteiger partial charge is 0.457 e. The molecule has 2 aromatic carbocycles. The van der Waals surface area contributed by atoms with Crippen molar-refractivity contribution >= 4 is 17.7 Å². The Morgan fingerprint density at radius 3 is 2.10 bits per heavy atom. The molecule has 0 bridgehead atoms. The van der Waals surface area contributed by atoms with Crippen LogP contribution in [0.2, 0.25) is 0 Å². The third kappa shape index (κ3) is 6.52. The van der Waals surface area contributed by atoms with Crippen LogP contribution < -0.4 is 15.4 Å². The van der Waals surface area contributed by atoms with E-state index in [1.165, 1.54) is 0 Å². The number of benzene rings is 2. The van der Waals surface area contributed by atoms with Gasteiger partial charge in [-0.15, -0.1) is 0 Å². The minimum absolute atomic E-state index is 0.426. The Kier molecular flexibility index (Phi) is 6.57. The van der Waals surface area contributed by atoms with Crippen molar-refractivity contribution in [3.8, 4) is 11.5 Å². The van der Waals surface area contributed by atoms with Crippen LogP contribution in [0.25, 0.3) is 0 Å². The quantitative estimate of drug-likeness (QED) is 0.713. The molecule has 2 N–H and O–H groups in total. The van der Waals surface area contributed by atoms with Crippen LogP contribution in [0.4, 0.5) is 10.5 Å². The zero-order valence-corrected chi connectivity index (χ0v) is 18.2. The van der Waals surface area contributed by atoms with E-state index in [1.54, 1.807) is 38.1 Å². The minimum Gasteiger partial charge on any atom is -0.457 e. The van der Waals surface area contributed by atoms with Crippen LogP contribution in [0.1, 0.15) is 45.7 Å². The maximum atomic E-state index is 12.5. The number of hydrogen-bond acceptors (Lipinski definition) is 4. The van der Waals surface area contributed by atoms with Crippen LogP contribution in [0.3, 0.4) is 0 Å². The van der Waals surface area contributed by atoms with E-state index in [0.29, 0.717) is 11.4 Å². The Bertz CT molecular complexity index is 881. The van der Waals surface area contributed by atoms with Gasteiger partial charge in [0.15, 0.2) is 5.60 Å². The molecule has 0 saturated carbocycles. The first-order valence-corrected chi connectivity index (χ1v) is 9.54. The van der Waals surface area contributed by atoms with Gasteiger partial charge < -0.3 is 20.1 Å². The van der Waals surface area contributed by atoms with Crippen molar-refractivity contribution in [2.24, 2.45) is 0 Å². The first-order valence-electron chi connectivity index (χ1n) is 9.54. The third-order valence-corrected chi connectivity index (χ3v) is 4.27. The predicted octanol–water partition coefficient (Wildman–Crippen LogP) is 5.34. The fraction of sp³-hybridized carbons (Fsp3) is 0.391. The zero-order chi connectivity index (χ0) is 21.8. The van der Waals surface area contributed by atoms with E-state index in [9.17, 15) is 9.59 Å². The molecule has 0 aliphatic carbocycles. The fourth-order valence-electron chi connectivity index (χ4n) is 2.46. The van der Waals surface area contributed by atoms with E-state index >= 15 is 0 Å². The number of carbonyl (C=O) groups is 2. The second-order valence-electron chi connectivity index (χ2n) is 8.55. The second kappa shape index (κ2) is 8.55. The molecule has 0 saturated heterocycles. The molecule has 2 rings (SSSR count). The van der Waals surface area contributed by atoms with E-state index in [1.807, 2.05) is 52.8 Å². The van der Waals surface area contributed by atoms with Crippen molar-refractivity contribution in [1.29, 1.82) is 0 Å². The molecule has 6 heteroatoms. The summed E-state index contributed by atoms with van der Waals surface area (Å²) in [5.74, 6) is 1.03. The molecule has 0 unspecified atom stereocenters. The Balaban J connectivity index is 2.00. The van der Waals surface area contributed by atoms with Gasteiger partial charge in [0.2, 0.25) is 0 Å². The van der Waals surface area contributed by atoms with Gasteiger partial charge >= 0.3 is 6.09 Å². The van der Waals surface area contributed by atoms with Gasteiger partial charge in [-0.25, -0.2) is 4.79 Å². The Morgan fingerprint density at radius 1 is 0.897 bits per heavy atom. The van der Waals surface area contributed by atoms with Crippen molar-refractivity contribution in [1.82, 2.24) is 5.32 Å². The molecule has 0 radical (unpaired) electrons. The smallest absolute Gasteiger partial charge is 0.408 e. The standard InChI is InChI=1S/C23H30N2O4/c1-15-9-8-10-19(16(15)2)28-18-13-11-17(12-14-18)24-20(26)23(6,7)29-21(27)25-22(3,4)5/h8-14H,1-7H3,(H,24,26)(H,25,27). The molecule has 156 valence electrons.